The molecule has 0 amide bonds. The summed E-state index contributed by atoms with van der Waals surface area (Å²) in [5.74, 6) is -1.03. The van der Waals surface area contributed by atoms with E-state index in [2.05, 4.69) is 17.9 Å². The van der Waals surface area contributed by atoms with Gasteiger partial charge in [-0.15, -0.1) is 0 Å². The molecule has 5 N–H and O–H groups in total. The van der Waals surface area contributed by atoms with Crippen molar-refractivity contribution in [3.8, 4) is 0 Å². The summed E-state index contributed by atoms with van der Waals surface area (Å²) in [5.41, 5.74) is 7.60. The molecule has 0 radical (unpaired) electrons. The maximum Gasteiger partial charge on any atom is 0.451 e. The monoisotopic (exact) mass is 410 g/mol. The lowest BCUT2D eigenvalue weighted by Gasteiger charge is -2.40. The van der Waals surface area contributed by atoms with Crippen molar-refractivity contribution >= 4 is 24.7 Å². The highest BCUT2D eigenvalue weighted by atomic mass is 35.5. The van der Waals surface area contributed by atoms with E-state index in [9.17, 15) is 9.90 Å². The Labute approximate surface area is 172 Å². The molecule has 2 rings (SSSR count). The summed E-state index contributed by atoms with van der Waals surface area (Å²) in [6, 6.07) is 6.01. The molecular weight excluding hydrogens is 378 g/mol. The molecule has 1 aliphatic heterocycles. The number of nitrogens with zero attached hydrogens (tertiary/aromatic N) is 1. The number of likely N-dealkylation sites (tertiary alicyclic amines) is 1. The lowest BCUT2D eigenvalue weighted by atomic mass is 9.74. The van der Waals surface area contributed by atoms with E-state index < -0.39 is 18.6 Å². The summed E-state index contributed by atoms with van der Waals surface area (Å²) >= 11 is 6.10. The van der Waals surface area contributed by atoms with Crippen molar-refractivity contribution in [2.75, 3.05) is 13.1 Å². The highest BCUT2D eigenvalue weighted by Gasteiger charge is 2.42. The number of unbranched alkanes of at least 4 members (excludes halogenated alkanes) is 1. The summed E-state index contributed by atoms with van der Waals surface area (Å²) in [6.45, 7) is 4.59. The van der Waals surface area contributed by atoms with Crippen LogP contribution in [0.3, 0.4) is 0 Å². The maximum atomic E-state index is 11.9. The average molecular weight is 411 g/mol. The van der Waals surface area contributed by atoms with Crippen LogP contribution in [-0.4, -0.2) is 51.8 Å². The van der Waals surface area contributed by atoms with Crippen molar-refractivity contribution in [2.24, 2.45) is 11.7 Å². The first-order valence-corrected chi connectivity index (χ1v) is 10.5. The van der Waals surface area contributed by atoms with E-state index in [1.807, 2.05) is 12.1 Å². The smallest absolute Gasteiger partial charge is 0.451 e. The van der Waals surface area contributed by atoms with E-state index in [0.717, 1.165) is 43.9 Å². The van der Waals surface area contributed by atoms with Crippen LogP contribution in [0.15, 0.2) is 18.2 Å². The second kappa shape index (κ2) is 10.6. The Balaban J connectivity index is 1.92. The SMILES string of the molecule is CCc1cc(Cl)ccc1CN1CCC(C(N)(CCCCB(O)O)C(=O)O)CC1. The Kier molecular flexibility index (Phi) is 8.77. The molecule has 0 aromatic heterocycles. The van der Waals surface area contributed by atoms with Crippen LogP contribution in [0.4, 0.5) is 0 Å². The number of rotatable bonds is 10. The number of aryl methyl sites for hydroxylation is 1. The van der Waals surface area contributed by atoms with Crippen LogP contribution in [0.1, 0.15) is 50.2 Å². The standard InChI is InChI=1S/C20H32BClN2O4/c1-2-15-13-18(22)6-5-16(15)14-24-11-7-17(8-12-24)20(23,19(25)26)9-3-4-10-21(27)28/h5-6,13,17,27-28H,2-4,7-12,14,23H2,1H3,(H,25,26). The third kappa shape index (κ3) is 6.19. The first-order valence-electron chi connectivity index (χ1n) is 10.1. The molecule has 0 bridgehead atoms. The topological polar surface area (TPSA) is 107 Å². The average Bonchev–Trinajstić information content (AvgIpc) is 2.66. The summed E-state index contributed by atoms with van der Waals surface area (Å²) < 4.78 is 0. The minimum Gasteiger partial charge on any atom is -0.480 e. The third-order valence-electron chi connectivity index (χ3n) is 5.96. The predicted octanol–water partition coefficient (Wildman–Crippen LogP) is 2.54. The number of aliphatic carboxylic acids is 1. The highest BCUT2D eigenvalue weighted by molar-refractivity contribution is 6.40. The van der Waals surface area contributed by atoms with Crippen molar-refractivity contribution < 1.29 is 19.9 Å². The molecule has 0 aliphatic carbocycles. The molecule has 1 aromatic carbocycles. The van der Waals surface area contributed by atoms with Gasteiger partial charge in [-0.2, -0.15) is 0 Å². The minimum absolute atomic E-state index is 0.0730. The highest BCUT2D eigenvalue weighted by Crippen LogP contribution is 2.32. The first kappa shape index (κ1) is 23.2. The molecule has 1 aliphatic rings. The summed E-state index contributed by atoms with van der Waals surface area (Å²) in [6.07, 6.45) is 4.16. The van der Waals surface area contributed by atoms with Crippen LogP contribution in [0.2, 0.25) is 11.3 Å². The van der Waals surface area contributed by atoms with Gasteiger partial charge in [0, 0.05) is 11.6 Å². The quantitative estimate of drug-likeness (QED) is 0.349. The molecule has 1 heterocycles. The second-order valence-corrected chi connectivity index (χ2v) is 8.33. The second-order valence-electron chi connectivity index (χ2n) is 7.89. The van der Waals surface area contributed by atoms with E-state index in [1.54, 1.807) is 0 Å². The lowest BCUT2D eigenvalue weighted by Crippen LogP contribution is -2.56. The van der Waals surface area contributed by atoms with Gasteiger partial charge in [-0.05, 0) is 74.3 Å². The summed E-state index contributed by atoms with van der Waals surface area (Å²) in [7, 11) is -1.35. The fourth-order valence-electron chi connectivity index (χ4n) is 4.16. The van der Waals surface area contributed by atoms with Crippen molar-refractivity contribution in [1.29, 1.82) is 0 Å². The van der Waals surface area contributed by atoms with Gasteiger partial charge in [0.05, 0.1) is 0 Å². The van der Waals surface area contributed by atoms with Crippen LogP contribution >= 0.6 is 11.6 Å². The number of nitrogens with two attached hydrogens (primary N) is 1. The van der Waals surface area contributed by atoms with Crippen LogP contribution in [0.5, 0.6) is 0 Å². The van der Waals surface area contributed by atoms with Gasteiger partial charge in [0.1, 0.15) is 5.54 Å². The molecule has 1 unspecified atom stereocenters. The molecule has 6 nitrogen and oxygen atoms in total. The Bertz CT molecular complexity index is 653. The molecular formula is C20H32BClN2O4. The molecule has 1 saturated heterocycles. The van der Waals surface area contributed by atoms with Crippen molar-refractivity contribution in [3.05, 3.63) is 34.3 Å². The summed E-state index contributed by atoms with van der Waals surface area (Å²) in [5, 5.41) is 28.4. The molecule has 28 heavy (non-hydrogen) atoms. The van der Waals surface area contributed by atoms with Gasteiger partial charge in [0.25, 0.3) is 0 Å². The van der Waals surface area contributed by atoms with Gasteiger partial charge in [-0.25, -0.2) is 0 Å². The summed E-state index contributed by atoms with van der Waals surface area (Å²) in [4.78, 5) is 14.2. The number of carbonyl (C=O) groups is 1. The van der Waals surface area contributed by atoms with Crippen molar-refractivity contribution in [2.45, 2.75) is 63.9 Å². The number of carboxylic acid groups (broad SMARTS) is 1. The van der Waals surface area contributed by atoms with Gasteiger partial charge in [0.15, 0.2) is 0 Å². The maximum absolute atomic E-state index is 11.9. The van der Waals surface area contributed by atoms with E-state index in [-0.39, 0.29) is 12.2 Å². The van der Waals surface area contributed by atoms with Gasteiger partial charge < -0.3 is 20.9 Å². The minimum atomic E-state index is -1.35. The van der Waals surface area contributed by atoms with Gasteiger partial charge in [-0.3, -0.25) is 9.69 Å². The van der Waals surface area contributed by atoms with Gasteiger partial charge in [0.2, 0.25) is 0 Å². The molecule has 1 aromatic rings. The first-order chi connectivity index (χ1) is 13.3. The van der Waals surface area contributed by atoms with Crippen LogP contribution < -0.4 is 5.73 Å². The Morgan fingerprint density at radius 2 is 1.96 bits per heavy atom. The molecule has 1 atom stereocenters. The largest absolute Gasteiger partial charge is 0.480 e. The number of hydrogen-bond acceptors (Lipinski definition) is 5. The predicted molar refractivity (Wildman–Crippen MR) is 112 cm³/mol. The van der Waals surface area contributed by atoms with Crippen LogP contribution in [0.25, 0.3) is 0 Å². The number of hydrogen-bond donors (Lipinski definition) is 4. The van der Waals surface area contributed by atoms with Crippen LogP contribution in [0, 0.1) is 5.92 Å². The van der Waals surface area contributed by atoms with Gasteiger partial charge >= 0.3 is 13.1 Å². The van der Waals surface area contributed by atoms with Gasteiger partial charge in [-0.1, -0.05) is 37.4 Å². The molecule has 156 valence electrons. The third-order valence-corrected chi connectivity index (χ3v) is 6.20. The Hall–Kier alpha value is -1.12. The fraction of sp³-hybridized carbons (Fsp3) is 0.650. The zero-order chi connectivity index (χ0) is 20.7. The van der Waals surface area contributed by atoms with Crippen molar-refractivity contribution in [1.82, 2.24) is 4.90 Å². The Morgan fingerprint density at radius 3 is 2.54 bits per heavy atom. The Morgan fingerprint density at radius 1 is 1.29 bits per heavy atom. The molecule has 8 heteroatoms. The molecule has 0 spiro atoms. The number of piperidine rings is 1. The van der Waals surface area contributed by atoms with E-state index in [1.165, 1.54) is 11.1 Å². The molecule has 1 fully saturated rings. The number of benzene rings is 1. The van der Waals surface area contributed by atoms with E-state index in [0.29, 0.717) is 19.3 Å². The lowest BCUT2D eigenvalue weighted by molar-refractivity contribution is -0.147. The zero-order valence-electron chi connectivity index (χ0n) is 16.6. The zero-order valence-corrected chi connectivity index (χ0v) is 17.4. The molecule has 0 saturated carbocycles. The normalized spacial score (nSPS) is 18.0. The number of carboxylic acids is 1. The fourth-order valence-corrected chi connectivity index (χ4v) is 4.35. The number of halogens is 1. The van der Waals surface area contributed by atoms with E-state index in [4.69, 9.17) is 27.4 Å². The van der Waals surface area contributed by atoms with E-state index >= 15 is 0 Å². The van der Waals surface area contributed by atoms with Crippen LogP contribution in [-0.2, 0) is 17.8 Å². The van der Waals surface area contributed by atoms with Crippen molar-refractivity contribution in [3.63, 3.8) is 0 Å².